The Morgan fingerprint density at radius 3 is 2.36 bits per heavy atom. The molecular weight excluding hydrogens is 444 g/mol. The number of hydrogen-bond acceptors (Lipinski definition) is 7. The molecule has 0 radical (unpaired) electrons. The summed E-state index contributed by atoms with van der Waals surface area (Å²) in [5.41, 5.74) is 0.553. The molecule has 174 valence electrons. The number of aromatic nitrogens is 2. The summed E-state index contributed by atoms with van der Waals surface area (Å²) >= 11 is 0. The van der Waals surface area contributed by atoms with Crippen LogP contribution in [0.5, 0.6) is 0 Å². The summed E-state index contributed by atoms with van der Waals surface area (Å²) < 4.78 is 34.2. The van der Waals surface area contributed by atoms with Crippen LogP contribution in [0.25, 0.3) is 10.9 Å². The van der Waals surface area contributed by atoms with Crippen LogP contribution in [-0.4, -0.2) is 66.4 Å². The number of nitrogens with zero attached hydrogens (tertiary/aromatic N) is 4. The van der Waals surface area contributed by atoms with Crippen LogP contribution >= 0.6 is 0 Å². The van der Waals surface area contributed by atoms with Gasteiger partial charge in [-0.15, -0.1) is 0 Å². The van der Waals surface area contributed by atoms with E-state index in [1.54, 1.807) is 29.8 Å². The molecule has 3 aromatic rings. The molecule has 2 aromatic carbocycles. The fourth-order valence-corrected chi connectivity index (χ4v) is 5.81. The van der Waals surface area contributed by atoms with E-state index in [1.165, 1.54) is 23.5 Å². The molecule has 0 bridgehead atoms. The molecular formula is C23H26N4O5S. The zero-order valence-corrected chi connectivity index (χ0v) is 19.6. The number of fused-ring (bicyclic) bond motifs is 1. The number of ether oxygens (including phenoxy) is 1. The number of rotatable bonds is 5. The molecule has 0 N–H and O–H groups in total. The number of piperazine rings is 1. The molecule has 33 heavy (non-hydrogen) atoms. The number of hydrogen-bond donors (Lipinski definition) is 0. The van der Waals surface area contributed by atoms with Gasteiger partial charge in [0.2, 0.25) is 10.0 Å². The Morgan fingerprint density at radius 2 is 1.67 bits per heavy atom. The minimum absolute atomic E-state index is 0.0196. The molecule has 4 rings (SSSR count). The van der Waals surface area contributed by atoms with Crippen LogP contribution in [0.2, 0.25) is 0 Å². The van der Waals surface area contributed by atoms with Crippen molar-refractivity contribution >= 4 is 26.9 Å². The van der Waals surface area contributed by atoms with E-state index in [0.29, 0.717) is 29.8 Å². The summed E-state index contributed by atoms with van der Waals surface area (Å²) in [6.45, 7) is 3.40. The molecule has 1 aliphatic rings. The Labute approximate surface area is 192 Å². The zero-order valence-electron chi connectivity index (χ0n) is 18.8. The van der Waals surface area contributed by atoms with Gasteiger partial charge in [0.25, 0.3) is 5.56 Å². The summed E-state index contributed by atoms with van der Waals surface area (Å²) in [6, 6.07) is 13.1. The summed E-state index contributed by atoms with van der Waals surface area (Å²) in [5.74, 6) is -0.0595. The minimum Gasteiger partial charge on any atom is -0.465 e. The van der Waals surface area contributed by atoms with Crippen molar-refractivity contribution < 1.29 is 17.9 Å². The first-order valence-electron chi connectivity index (χ1n) is 10.6. The first-order chi connectivity index (χ1) is 15.8. The lowest BCUT2D eigenvalue weighted by atomic mass is 10.2. The average Bonchev–Trinajstić information content (AvgIpc) is 2.85. The average molecular weight is 471 g/mol. The second-order valence-electron chi connectivity index (χ2n) is 7.96. The highest BCUT2D eigenvalue weighted by atomic mass is 32.2. The summed E-state index contributed by atoms with van der Waals surface area (Å²) in [5, 5.41) is 0.566. The molecule has 0 amide bonds. The standard InChI is InChI=1S/C23H26N4O5S/c1-16(21-24-19-10-6-4-8-17(19)22(28)25(21)2)26-12-14-27(15-13-26)33(30,31)20-11-7-5-9-18(20)23(29)32-3/h4-11,16H,12-15H2,1-3H3. The largest absolute Gasteiger partial charge is 0.465 e. The highest BCUT2D eigenvalue weighted by molar-refractivity contribution is 7.89. The van der Waals surface area contributed by atoms with Crippen molar-refractivity contribution in [1.82, 2.24) is 18.8 Å². The number of carbonyl (C=O) groups is 1. The quantitative estimate of drug-likeness (QED) is 0.524. The monoisotopic (exact) mass is 470 g/mol. The van der Waals surface area contributed by atoms with Crippen molar-refractivity contribution in [3.8, 4) is 0 Å². The van der Waals surface area contributed by atoms with Gasteiger partial charge in [0.05, 0.1) is 34.5 Å². The Bertz CT molecular complexity index is 1360. The zero-order chi connectivity index (χ0) is 23.8. The van der Waals surface area contributed by atoms with Crippen molar-refractivity contribution in [2.24, 2.45) is 7.05 Å². The number of esters is 1. The van der Waals surface area contributed by atoms with E-state index in [4.69, 9.17) is 9.72 Å². The van der Waals surface area contributed by atoms with Gasteiger partial charge in [-0.25, -0.2) is 18.2 Å². The third-order valence-electron chi connectivity index (χ3n) is 6.12. The number of carbonyl (C=O) groups excluding carboxylic acids is 1. The van der Waals surface area contributed by atoms with Gasteiger partial charge in [0.1, 0.15) is 5.82 Å². The molecule has 1 atom stereocenters. The fourth-order valence-electron chi connectivity index (χ4n) is 4.21. The van der Waals surface area contributed by atoms with E-state index >= 15 is 0 Å². The number of benzene rings is 2. The van der Waals surface area contributed by atoms with Gasteiger partial charge in [-0.3, -0.25) is 14.3 Å². The molecule has 0 saturated carbocycles. The molecule has 10 heteroatoms. The van der Waals surface area contributed by atoms with Crippen molar-refractivity contribution in [1.29, 1.82) is 0 Å². The molecule has 0 spiro atoms. The summed E-state index contributed by atoms with van der Waals surface area (Å²) in [4.78, 5) is 31.6. The molecule has 9 nitrogen and oxygen atoms in total. The third kappa shape index (κ3) is 4.17. The van der Waals surface area contributed by atoms with Crippen molar-refractivity contribution in [3.63, 3.8) is 0 Å². The van der Waals surface area contributed by atoms with Gasteiger partial charge < -0.3 is 4.74 Å². The van der Waals surface area contributed by atoms with Crippen LogP contribution in [-0.2, 0) is 21.8 Å². The second-order valence-corrected chi connectivity index (χ2v) is 9.86. The second kappa shape index (κ2) is 9.05. The molecule has 1 fully saturated rings. The highest BCUT2D eigenvalue weighted by Crippen LogP contribution is 2.25. The Morgan fingerprint density at radius 1 is 1.03 bits per heavy atom. The first-order valence-corrected chi connectivity index (χ1v) is 12.1. The van der Waals surface area contributed by atoms with Gasteiger partial charge in [-0.1, -0.05) is 24.3 Å². The lowest BCUT2D eigenvalue weighted by Gasteiger charge is -2.37. The van der Waals surface area contributed by atoms with E-state index in [-0.39, 0.29) is 35.1 Å². The van der Waals surface area contributed by atoms with Crippen LogP contribution in [0.4, 0.5) is 0 Å². The maximum absolute atomic E-state index is 13.3. The van der Waals surface area contributed by atoms with Gasteiger partial charge in [0, 0.05) is 33.2 Å². The molecule has 1 unspecified atom stereocenters. The lowest BCUT2D eigenvalue weighted by Crippen LogP contribution is -2.50. The van der Waals surface area contributed by atoms with E-state index in [0.717, 1.165) is 0 Å². The highest BCUT2D eigenvalue weighted by Gasteiger charge is 2.33. The van der Waals surface area contributed by atoms with E-state index < -0.39 is 16.0 Å². The van der Waals surface area contributed by atoms with E-state index in [2.05, 4.69) is 4.90 Å². The predicted octanol–water partition coefficient (Wildman–Crippen LogP) is 1.79. The van der Waals surface area contributed by atoms with Crippen molar-refractivity contribution in [2.75, 3.05) is 33.3 Å². The van der Waals surface area contributed by atoms with Crippen LogP contribution in [0, 0.1) is 0 Å². The van der Waals surface area contributed by atoms with Crippen LogP contribution in [0.1, 0.15) is 29.1 Å². The van der Waals surface area contributed by atoms with Crippen molar-refractivity contribution in [2.45, 2.75) is 17.9 Å². The topological polar surface area (TPSA) is 102 Å². The normalized spacial score (nSPS) is 16.6. The summed E-state index contributed by atoms with van der Waals surface area (Å²) in [6.07, 6.45) is 0. The number of sulfonamides is 1. The maximum Gasteiger partial charge on any atom is 0.339 e. The molecule has 1 aliphatic heterocycles. The molecule has 0 aliphatic carbocycles. The van der Waals surface area contributed by atoms with Crippen LogP contribution < -0.4 is 5.56 Å². The third-order valence-corrected chi connectivity index (χ3v) is 8.08. The van der Waals surface area contributed by atoms with E-state index in [1.807, 2.05) is 25.1 Å². The Hall–Kier alpha value is -3.08. The predicted molar refractivity (Wildman–Crippen MR) is 124 cm³/mol. The molecule has 2 heterocycles. The Kier molecular flexibility index (Phi) is 6.33. The lowest BCUT2D eigenvalue weighted by molar-refractivity contribution is 0.0596. The number of para-hydroxylation sites is 1. The first kappa shape index (κ1) is 23.1. The smallest absolute Gasteiger partial charge is 0.339 e. The van der Waals surface area contributed by atoms with E-state index in [9.17, 15) is 18.0 Å². The Balaban J connectivity index is 1.55. The number of methoxy groups -OCH3 is 1. The van der Waals surface area contributed by atoms with Gasteiger partial charge >= 0.3 is 5.97 Å². The van der Waals surface area contributed by atoms with Crippen molar-refractivity contribution in [3.05, 3.63) is 70.3 Å². The minimum atomic E-state index is -3.87. The van der Waals surface area contributed by atoms with Crippen LogP contribution in [0.3, 0.4) is 0 Å². The fraction of sp³-hybridized carbons (Fsp3) is 0.348. The van der Waals surface area contributed by atoms with Gasteiger partial charge in [-0.05, 0) is 31.2 Å². The molecule has 1 saturated heterocycles. The van der Waals surface area contributed by atoms with Gasteiger partial charge in [-0.2, -0.15) is 4.31 Å². The molecule has 1 aromatic heterocycles. The van der Waals surface area contributed by atoms with Gasteiger partial charge in [0.15, 0.2) is 0 Å². The maximum atomic E-state index is 13.3. The van der Waals surface area contributed by atoms with Crippen LogP contribution in [0.15, 0.2) is 58.2 Å². The SMILES string of the molecule is COC(=O)c1ccccc1S(=O)(=O)N1CCN(C(C)c2nc3ccccc3c(=O)n2C)CC1. The summed E-state index contributed by atoms with van der Waals surface area (Å²) in [7, 11) is -0.942.